The van der Waals surface area contributed by atoms with E-state index < -0.39 is 5.82 Å². The van der Waals surface area contributed by atoms with Crippen molar-refractivity contribution < 1.29 is 9.13 Å². The summed E-state index contributed by atoms with van der Waals surface area (Å²) >= 11 is 6.41. The van der Waals surface area contributed by atoms with Gasteiger partial charge in [-0.15, -0.1) is 0 Å². The number of hydrogen-bond donors (Lipinski definition) is 1. The summed E-state index contributed by atoms with van der Waals surface area (Å²) < 4.78 is 19.9. The van der Waals surface area contributed by atoms with Crippen molar-refractivity contribution in [2.24, 2.45) is 0 Å². The number of para-hydroxylation sites is 1. The van der Waals surface area contributed by atoms with Crippen LogP contribution < -0.4 is 10.1 Å². The molecule has 0 fully saturated rings. The van der Waals surface area contributed by atoms with Gasteiger partial charge in [-0.2, -0.15) is 0 Å². The third-order valence-electron chi connectivity index (χ3n) is 4.66. The Bertz CT molecular complexity index is 958. The fourth-order valence-corrected chi connectivity index (χ4v) is 3.60. The largest absolute Gasteiger partial charge is 0.454 e. The van der Waals surface area contributed by atoms with Crippen LogP contribution in [0.3, 0.4) is 0 Å². The van der Waals surface area contributed by atoms with E-state index in [0.717, 1.165) is 42.6 Å². The molecule has 5 heteroatoms. The number of halogens is 2. The SMILES string of the molecule is Cc1c2c(nc3c(Cl)ccc(Oc4ccccc4F)c13)CCNCC2. The van der Waals surface area contributed by atoms with Crippen molar-refractivity contribution in [3.05, 3.63) is 64.1 Å². The van der Waals surface area contributed by atoms with Gasteiger partial charge < -0.3 is 10.1 Å². The molecule has 0 saturated heterocycles. The molecule has 1 aliphatic heterocycles. The number of pyridine rings is 1. The Morgan fingerprint density at radius 3 is 2.72 bits per heavy atom. The maximum Gasteiger partial charge on any atom is 0.165 e. The molecule has 0 radical (unpaired) electrons. The van der Waals surface area contributed by atoms with Crippen LogP contribution in [0.4, 0.5) is 4.39 Å². The van der Waals surface area contributed by atoms with E-state index in [4.69, 9.17) is 21.3 Å². The Hall–Kier alpha value is -2.17. The lowest BCUT2D eigenvalue weighted by atomic mass is 9.98. The molecule has 25 heavy (non-hydrogen) atoms. The summed E-state index contributed by atoms with van der Waals surface area (Å²) in [5.74, 6) is 0.381. The second kappa shape index (κ2) is 6.62. The number of aromatic nitrogens is 1. The molecule has 3 nitrogen and oxygen atoms in total. The summed E-state index contributed by atoms with van der Waals surface area (Å²) in [4.78, 5) is 4.82. The van der Waals surface area contributed by atoms with Crippen molar-refractivity contribution in [2.75, 3.05) is 13.1 Å². The zero-order valence-electron chi connectivity index (χ0n) is 13.9. The van der Waals surface area contributed by atoms with Gasteiger partial charge in [0.1, 0.15) is 5.75 Å². The topological polar surface area (TPSA) is 34.1 Å². The molecular weight excluding hydrogens is 339 g/mol. The molecule has 1 aromatic heterocycles. The first-order chi connectivity index (χ1) is 12.1. The minimum absolute atomic E-state index is 0.196. The number of nitrogens with one attached hydrogen (secondary N) is 1. The average Bonchev–Trinajstić information content (AvgIpc) is 2.85. The Labute approximate surface area is 150 Å². The molecule has 0 bridgehead atoms. The Kier molecular flexibility index (Phi) is 4.32. The first-order valence-corrected chi connectivity index (χ1v) is 8.76. The molecule has 0 spiro atoms. The average molecular weight is 357 g/mol. The molecule has 0 amide bonds. The van der Waals surface area contributed by atoms with Gasteiger partial charge in [-0.3, -0.25) is 4.98 Å². The summed E-state index contributed by atoms with van der Waals surface area (Å²) in [7, 11) is 0. The number of aryl methyl sites for hydroxylation is 1. The first-order valence-electron chi connectivity index (χ1n) is 8.39. The van der Waals surface area contributed by atoms with Crippen LogP contribution >= 0.6 is 11.6 Å². The molecule has 128 valence electrons. The molecule has 3 aromatic rings. The highest BCUT2D eigenvalue weighted by Gasteiger charge is 2.19. The van der Waals surface area contributed by atoms with E-state index in [1.165, 1.54) is 11.6 Å². The summed E-state index contributed by atoms with van der Waals surface area (Å²) in [5, 5.41) is 4.84. The minimum atomic E-state index is -0.393. The minimum Gasteiger partial charge on any atom is -0.454 e. The quantitative estimate of drug-likeness (QED) is 0.715. The lowest BCUT2D eigenvalue weighted by molar-refractivity contribution is 0.446. The molecule has 0 unspecified atom stereocenters. The van der Waals surface area contributed by atoms with Crippen LogP contribution in [0, 0.1) is 12.7 Å². The fraction of sp³-hybridized carbons (Fsp3) is 0.250. The van der Waals surface area contributed by atoms with Gasteiger partial charge >= 0.3 is 0 Å². The molecule has 1 aliphatic rings. The van der Waals surface area contributed by atoms with Crippen LogP contribution in [0.25, 0.3) is 10.9 Å². The summed E-state index contributed by atoms with van der Waals surface area (Å²) in [6.45, 7) is 3.90. The highest BCUT2D eigenvalue weighted by Crippen LogP contribution is 2.38. The lowest BCUT2D eigenvalue weighted by Crippen LogP contribution is -2.16. The number of ether oxygens (including phenoxy) is 1. The third-order valence-corrected chi connectivity index (χ3v) is 4.97. The van der Waals surface area contributed by atoms with Crippen molar-refractivity contribution in [3.63, 3.8) is 0 Å². The summed E-state index contributed by atoms with van der Waals surface area (Å²) in [5.41, 5.74) is 4.14. The highest BCUT2D eigenvalue weighted by atomic mass is 35.5. The van der Waals surface area contributed by atoms with Crippen molar-refractivity contribution in [3.8, 4) is 11.5 Å². The van der Waals surface area contributed by atoms with Crippen LogP contribution in [0.2, 0.25) is 5.02 Å². The maximum absolute atomic E-state index is 14.0. The van der Waals surface area contributed by atoms with E-state index in [1.54, 1.807) is 30.3 Å². The van der Waals surface area contributed by atoms with E-state index in [9.17, 15) is 4.39 Å². The number of fused-ring (bicyclic) bond motifs is 2. The molecule has 0 saturated carbocycles. The zero-order chi connectivity index (χ0) is 17.4. The van der Waals surface area contributed by atoms with Crippen molar-refractivity contribution in [1.29, 1.82) is 0 Å². The second-order valence-electron chi connectivity index (χ2n) is 6.21. The Morgan fingerprint density at radius 1 is 1.08 bits per heavy atom. The van der Waals surface area contributed by atoms with Crippen LogP contribution in [-0.2, 0) is 12.8 Å². The smallest absolute Gasteiger partial charge is 0.165 e. The monoisotopic (exact) mass is 356 g/mol. The van der Waals surface area contributed by atoms with E-state index >= 15 is 0 Å². The van der Waals surface area contributed by atoms with Gasteiger partial charge in [-0.1, -0.05) is 23.7 Å². The molecule has 2 heterocycles. The number of hydrogen-bond acceptors (Lipinski definition) is 3. The predicted molar refractivity (Wildman–Crippen MR) is 98.2 cm³/mol. The van der Waals surface area contributed by atoms with E-state index in [2.05, 4.69) is 12.2 Å². The maximum atomic E-state index is 14.0. The van der Waals surface area contributed by atoms with Gasteiger partial charge in [0.2, 0.25) is 0 Å². The van der Waals surface area contributed by atoms with E-state index in [0.29, 0.717) is 16.3 Å². The van der Waals surface area contributed by atoms with Gasteiger partial charge in [0.15, 0.2) is 11.6 Å². The van der Waals surface area contributed by atoms with Crippen LogP contribution in [0.1, 0.15) is 16.8 Å². The van der Waals surface area contributed by atoms with Gasteiger partial charge in [-0.05, 0) is 55.3 Å². The predicted octanol–water partition coefficient (Wildman–Crippen LogP) is 4.82. The van der Waals surface area contributed by atoms with Gasteiger partial charge in [0.05, 0.1) is 10.5 Å². The molecule has 0 atom stereocenters. The second-order valence-corrected chi connectivity index (χ2v) is 6.62. The molecular formula is C20H18ClFN2O. The van der Waals surface area contributed by atoms with Crippen molar-refractivity contribution in [2.45, 2.75) is 19.8 Å². The fourth-order valence-electron chi connectivity index (χ4n) is 3.40. The molecule has 1 N–H and O–H groups in total. The lowest BCUT2D eigenvalue weighted by Gasteiger charge is -2.16. The van der Waals surface area contributed by atoms with Crippen LogP contribution in [-0.4, -0.2) is 18.1 Å². The number of benzene rings is 2. The number of nitrogens with zero attached hydrogens (tertiary/aromatic N) is 1. The Balaban J connectivity index is 1.92. The highest BCUT2D eigenvalue weighted by molar-refractivity contribution is 6.35. The summed E-state index contributed by atoms with van der Waals surface area (Å²) in [6, 6.07) is 9.93. The van der Waals surface area contributed by atoms with Gasteiger partial charge in [0.25, 0.3) is 0 Å². The summed E-state index contributed by atoms with van der Waals surface area (Å²) in [6.07, 6.45) is 1.79. The standard InChI is InChI=1S/C20H18ClFN2O/c1-12-13-8-10-23-11-9-16(13)24-20-14(21)6-7-18(19(12)20)25-17-5-3-2-4-15(17)22/h2-7,23H,8-11H2,1H3. The molecule has 0 aliphatic carbocycles. The molecule has 2 aromatic carbocycles. The van der Waals surface area contributed by atoms with E-state index in [1.807, 2.05) is 0 Å². The van der Waals surface area contributed by atoms with Crippen molar-refractivity contribution in [1.82, 2.24) is 10.3 Å². The molecule has 4 rings (SSSR count). The zero-order valence-corrected chi connectivity index (χ0v) is 14.7. The normalized spacial score (nSPS) is 14.2. The van der Waals surface area contributed by atoms with E-state index in [-0.39, 0.29) is 5.75 Å². The van der Waals surface area contributed by atoms with Crippen LogP contribution in [0.15, 0.2) is 36.4 Å². The first kappa shape index (κ1) is 16.3. The Morgan fingerprint density at radius 2 is 1.88 bits per heavy atom. The van der Waals surface area contributed by atoms with Crippen molar-refractivity contribution >= 4 is 22.5 Å². The third kappa shape index (κ3) is 2.96. The number of rotatable bonds is 2. The van der Waals surface area contributed by atoms with Crippen LogP contribution in [0.5, 0.6) is 11.5 Å². The van der Waals surface area contributed by atoms with Gasteiger partial charge in [-0.25, -0.2) is 4.39 Å². The van der Waals surface area contributed by atoms with Gasteiger partial charge in [0, 0.05) is 24.0 Å².